The van der Waals surface area contributed by atoms with Crippen molar-refractivity contribution in [1.29, 1.82) is 0 Å². The molecule has 1 saturated heterocycles. The number of hydrogen-bond acceptors (Lipinski definition) is 6. The number of rotatable bonds is 4. The van der Waals surface area contributed by atoms with Crippen LogP contribution in [0.4, 0.5) is 0 Å². The van der Waals surface area contributed by atoms with E-state index in [0.29, 0.717) is 11.5 Å². The Morgan fingerprint density at radius 1 is 1.09 bits per heavy atom. The number of piperazine rings is 1. The summed E-state index contributed by atoms with van der Waals surface area (Å²) in [5, 5.41) is 10.5. The molecular formula is C15H17N2O6-. The predicted molar refractivity (Wildman–Crippen MR) is 76.7 cm³/mol. The van der Waals surface area contributed by atoms with E-state index in [2.05, 4.69) is 0 Å². The van der Waals surface area contributed by atoms with Crippen molar-refractivity contribution in [3.05, 3.63) is 24.3 Å². The van der Waals surface area contributed by atoms with Gasteiger partial charge >= 0.3 is 0 Å². The fourth-order valence-electron chi connectivity index (χ4n) is 2.22. The molecule has 1 aromatic rings. The molecule has 0 unspecified atom stereocenters. The second kappa shape index (κ2) is 7.48. The summed E-state index contributed by atoms with van der Waals surface area (Å²) in [5.41, 5.74) is 0. The molecule has 2 amide bonds. The first-order chi connectivity index (χ1) is 11.0. The van der Waals surface area contributed by atoms with E-state index in [4.69, 9.17) is 9.47 Å². The van der Waals surface area contributed by atoms with E-state index in [-0.39, 0.29) is 38.7 Å². The second-order valence-electron chi connectivity index (χ2n) is 4.93. The van der Waals surface area contributed by atoms with Crippen molar-refractivity contribution >= 4 is 17.8 Å². The average Bonchev–Trinajstić information content (AvgIpc) is 2.59. The number of carboxylic acid groups (broad SMARTS) is 1. The number of carbonyl (C=O) groups excluding carboxylic acids is 3. The average molecular weight is 321 g/mol. The van der Waals surface area contributed by atoms with Gasteiger partial charge in [0.2, 0.25) is 0 Å². The van der Waals surface area contributed by atoms with Crippen LogP contribution in [-0.2, 0) is 14.4 Å². The molecule has 8 heteroatoms. The molecule has 8 nitrogen and oxygen atoms in total. The molecule has 1 fully saturated rings. The zero-order valence-corrected chi connectivity index (χ0v) is 12.7. The van der Waals surface area contributed by atoms with Crippen LogP contribution in [-0.4, -0.2) is 67.5 Å². The molecule has 0 radical (unpaired) electrons. The first kappa shape index (κ1) is 16.6. The number of nitrogens with zero attached hydrogens (tertiary/aromatic N) is 2. The number of methoxy groups -OCH3 is 1. The summed E-state index contributed by atoms with van der Waals surface area (Å²) in [6, 6.07) is 6.90. The van der Waals surface area contributed by atoms with Gasteiger partial charge in [0.05, 0.1) is 7.11 Å². The molecule has 0 saturated carbocycles. The van der Waals surface area contributed by atoms with Crippen LogP contribution >= 0.6 is 0 Å². The van der Waals surface area contributed by atoms with Gasteiger partial charge in [-0.15, -0.1) is 0 Å². The lowest BCUT2D eigenvalue weighted by atomic mass is 10.3. The van der Waals surface area contributed by atoms with Gasteiger partial charge in [0.15, 0.2) is 6.61 Å². The van der Waals surface area contributed by atoms with Gasteiger partial charge in [-0.25, -0.2) is 0 Å². The molecule has 1 heterocycles. The lowest BCUT2D eigenvalue weighted by Gasteiger charge is -2.34. The number of carbonyl (C=O) groups is 3. The van der Waals surface area contributed by atoms with Crippen molar-refractivity contribution in [2.45, 2.75) is 0 Å². The fraction of sp³-hybridized carbons (Fsp3) is 0.400. The van der Waals surface area contributed by atoms with Crippen molar-refractivity contribution in [3.8, 4) is 11.5 Å². The number of hydrogen-bond donors (Lipinski definition) is 0. The highest BCUT2D eigenvalue weighted by molar-refractivity contribution is 6.30. The van der Waals surface area contributed by atoms with Crippen molar-refractivity contribution in [3.63, 3.8) is 0 Å². The fourth-order valence-corrected chi connectivity index (χ4v) is 2.22. The molecule has 124 valence electrons. The Labute approximate surface area is 133 Å². The van der Waals surface area contributed by atoms with Gasteiger partial charge in [-0.05, 0) is 12.1 Å². The summed E-state index contributed by atoms with van der Waals surface area (Å²) in [6.45, 7) is 0.718. The quantitative estimate of drug-likeness (QED) is 0.626. The number of ether oxygens (including phenoxy) is 2. The molecule has 1 aliphatic heterocycles. The lowest BCUT2D eigenvalue weighted by Crippen LogP contribution is -2.55. The number of aliphatic carboxylic acids is 1. The third kappa shape index (κ3) is 4.35. The highest BCUT2D eigenvalue weighted by Crippen LogP contribution is 2.18. The molecule has 1 aliphatic rings. The van der Waals surface area contributed by atoms with Gasteiger partial charge in [-0.2, -0.15) is 0 Å². The van der Waals surface area contributed by atoms with Gasteiger partial charge in [0.1, 0.15) is 17.5 Å². The first-order valence-corrected chi connectivity index (χ1v) is 7.06. The molecule has 0 aliphatic carbocycles. The summed E-state index contributed by atoms with van der Waals surface area (Å²) in [5.74, 6) is -1.86. The maximum atomic E-state index is 12.1. The smallest absolute Gasteiger partial charge is 0.269 e. The van der Waals surface area contributed by atoms with Crippen LogP contribution in [0, 0.1) is 0 Å². The monoisotopic (exact) mass is 321 g/mol. The molecule has 1 aromatic carbocycles. The van der Waals surface area contributed by atoms with Crippen LogP contribution in [0.5, 0.6) is 11.5 Å². The van der Waals surface area contributed by atoms with Gasteiger partial charge in [0.25, 0.3) is 11.8 Å². The summed E-state index contributed by atoms with van der Waals surface area (Å²) >= 11 is 0. The topological polar surface area (TPSA) is 99.2 Å². The van der Waals surface area contributed by atoms with Crippen LogP contribution < -0.4 is 14.6 Å². The van der Waals surface area contributed by atoms with Crippen molar-refractivity contribution in [1.82, 2.24) is 9.80 Å². The minimum atomic E-state index is -1.73. The first-order valence-electron chi connectivity index (χ1n) is 7.06. The van der Waals surface area contributed by atoms with E-state index < -0.39 is 11.9 Å². The molecule has 0 spiro atoms. The largest absolute Gasteiger partial charge is 0.540 e. The van der Waals surface area contributed by atoms with Gasteiger partial charge in [-0.3, -0.25) is 9.59 Å². The molecule has 2 rings (SSSR count). The lowest BCUT2D eigenvalue weighted by molar-refractivity contribution is -0.301. The maximum Gasteiger partial charge on any atom is 0.269 e. The molecule has 0 bridgehead atoms. The highest BCUT2D eigenvalue weighted by atomic mass is 16.5. The number of amides is 2. The Balaban J connectivity index is 1.81. The Bertz CT molecular complexity index is 595. The minimum absolute atomic E-state index is 0.137. The Morgan fingerprint density at radius 3 is 2.30 bits per heavy atom. The molecule has 0 aromatic heterocycles. The molecular weight excluding hydrogens is 304 g/mol. The number of carboxylic acids is 1. The van der Waals surface area contributed by atoms with E-state index in [0.717, 1.165) is 4.90 Å². The molecule has 23 heavy (non-hydrogen) atoms. The van der Waals surface area contributed by atoms with Crippen LogP contribution in [0.3, 0.4) is 0 Å². The standard InChI is InChI=1S/C15H18N2O6/c1-22-11-3-2-4-12(9-11)23-10-13(18)16-5-7-17(8-6-16)14(19)15(20)21/h2-4,9H,5-8,10H2,1H3,(H,20,21)/p-1. The molecule has 0 atom stereocenters. The van der Waals surface area contributed by atoms with Crippen molar-refractivity contribution in [2.75, 3.05) is 39.9 Å². The van der Waals surface area contributed by atoms with Crippen LogP contribution in [0.15, 0.2) is 24.3 Å². The van der Waals surface area contributed by atoms with E-state index >= 15 is 0 Å². The van der Waals surface area contributed by atoms with E-state index in [9.17, 15) is 19.5 Å². The Morgan fingerprint density at radius 2 is 1.70 bits per heavy atom. The van der Waals surface area contributed by atoms with Crippen molar-refractivity contribution < 1.29 is 29.0 Å². The second-order valence-corrected chi connectivity index (χ2v) is 4.93. The third-order valence-corrected chi connectivity index (χ3v) is 3.50. The molecule has 0 N–H and O–H groups in total. The summed E-state index contributed by atoms with van der Waals surface area (Å²) in [6.07, 6.45) is 0. The summed E-state index contributed by atoms with van der Waals surface area (Å²) in [7, 11) is 1.54. The minimum Gasteiger partial charge on any atom is -0.540 e. The van der Waals surface area contributed by atoms with E-state index in [1.165, 1.54) is 12.0 Å². The summed E-state index contributed by atoms with van der Waals surface area (Å²) < 4.78 is 10.5. The van der Waals surface area contributed by atoms with E-state index in [1.54, 1.807) is 24.3 Å². The van der Waals surface area contributed by atoms with Crippen molar-refractivity contribution in [2.24, 2.45) is 0 Å². The highest BCUT2D eigenvalue weighted by Gasteiger charge is 2.24. The van der Waals surface area contributed by atoms with E-state index in [1.807, 2.05) is 0 Å². The van der Waals surface area contributed by atoms with Gasteiger partial charge < -0.3 is 29.2 Å². The van der Waals surface area contributed by atoms with Crippen LogP contribution in [0.25, 0.3) is 0 Å². The summed E-state index contributed by atoms with van der Waals surface area (Å²) in [4.78, 5) is 36.5. The number of benzene rings is 1. The van der Waals surface area contributed by atoms with Crippen LogP contribution in [0.1, 0.15) is 0 Å². The third-order valence-electron chi connectivity index (χ3n) is 3.50. The zero-order chi connectivity index (χ0) is 16.8. The Kier molecular flexibility index (Phi) is 5.40. The van der Waals surface area contributed by atoms with Gasteiger partial charge in [-0.1, -0.05) is 6.07 Å². The zero-order valence-electron chi connectivity index (χ0n) is 12.7. The normalized spacial score (nSPS) is 14.3. The van der Waals surface area contributed by atoms with Crippen LogP contribution in [0.2, 0.25) is 0 Å². The Hall–Kier alpha value is -2.77. The SMILES string of the molecule is COc1cccc(OCC(=O)N2CCN(C(=O)C(=O)[O-])CC2)c1. The van der Waals surface area contributed by atoms with Gasteiger partial charge in [0, 0.05) is 32.2 Å². The predicted octanol–water partition coefficient (Wildman–Crippen LogP) is -1.51. The maximum absolute atomic E-state index is 12.1.